The number of carbonyl (C=O) groups excluding carboxylic acids is 1. The number of aliphatic hydroxyl groups is 2. The van der Waals surface area contributed by atoms with Crippen LogP contribution in [0, 0.1) is 23.7 Å². The van der Waals surface area contributed by atoms with Crippen molar-refractivity contribution in [3.05, 3.63) is 23.8 Å². The van der Waals surface area contributed by atoms with Crippen LogP contribution >= 0.6 is 0 Å². The van der Waals surface area contributed by atoms with E-state index in [1.807, 2.05) is 21.0 Å². The summed E-state index contributed by atoms with van der Waals surface area (Å²) in [5, 5.41) is 21.4. The Labute approximate surface area is 177 Å². The number of fused-ring (bicyclic) bond motifs is 1. The van der Waals surface area contributed by atoms with E-state index in [0.717, 1.165) is 44.9 Å². The molecule has 0 aliphatic heterocycles. The quantitative estimate of drug-likeness (QED) is 0.441. The molecule has 0 aromatic carbocycles. The molecule has 4 heteroatoms. The highest BCUT2D eigenvalue weighted by atomic mass is 16.3. The molecule has 0 saturated heterocycles. The average molecular weight is 404 g/mol. The lowest BCUT2D eigenvalue weighted by atomic mass is 9.83. The lowest BCUT2D eigenvalue weighted by Gasteiger charge is -2.29. The fourth-order valence-corrected chi connectivity index (χ4v) is 5.82. The third kappa shape index (κ3) is 5.73. The first-order valence-corrected chi connectivity index (χ1v) is 11.7. The second-order valence-electron chi connectivity index (χ2n) is 10.2. The number of allylic oxidation sites excluding steroid dienone is 2. The zero-order valence-corrected chi connectivity index (χ0v) is 18.6. The largest absolute Gasteiger partial charge is 0.392 e. The van der Waals surface area contributed by atoms with Crippen molar-refractivity contribution in [1.29, 1.82) is 0 Å². The van der Waals surface area contributed by atoms with E-state index in [0.29, 0.717) is 30.6 Å². The van der Waals surface area contributed by atoms with Crippen LogP contribution in [0.1, 0.15) is 77.6 Å². The van der Waals surface area contributed by atoms with Crippen LogP contribution < -0.4 is 0 Å². The molecule has 0 aromatic heterocycles. The first-order valence-electron chi connectivity index (χ1n) is 11.7. The molecule has 2 saturated carbocycles. The van der Waals surface area contributed by atoms with Gasteiger partial charge in [-0.3, -0.25) is 4.79 Å². The van der Waals surface area contributed by atoms with Gasteiger partial charge < -0.3 is 15.1 Å². The van der Waals surface area contributed by atoms with Crippen LogP contribution in [0.2, 0.25) is 0 Å². The topological polar surface area (TPSA) is 60.8 Å². The Morgan fingerprint density at radius 2 is 2.00 bits per heavy atom. The summed E-state index contributed by atoms with van der Waals surface area (Å²) in [4.78, 5) is 13.4. The van der Waals surface area contributed by atoms with Crippen molar-refractivity contribution in [3.8, 4) is 0 Å². The number of aliphatic hydroxyl groups excluding tert-OH is 1. The fraction of sp³-hybridized carbons (Fsp3) is 0.800. The minimum absolute atomic E-state index is 0.212. The van der Waals surface area contributed by atoms with Gasteiger partial charge in [0.05, 0.1) is 11.7 Å². The number of hydrogen-bond donors (Lipinski definition) is 2. The number of nitrogens with zero attached hydrogens (tertiary/aromatic N) is 1. The first kappa shape index (κ1) is 22.6. The van der Waals surface area contributed by atoms with Crippen LogP contribution in [0.5, 0.6) is 0 Å². The van der Waals surface area contributed by atoms with E-state index in [1.165, 1.54) is 18.4 Å². The van der Waals surface area contributed by atoms with Gasteiger partial charge >= 0.3 is 0 Å². The number of carbonyl (C=O) groups is 1. The van der Waals surface area contributed by atoms with Crippen molar-refractivity contribution >= 4 is 5.91 Å². The predicted molar refractivity (Wildman–Crippen MR) is 117 cm³/mol. The summed E-state index contributed by atoms with van der Waals surface area (Å²) < 4.78 is 0. The number of rotatable bonds is 9. The second-order valence-corrected chi connectivity index (χ2v) is 10.2. The highest BCUT2D eigenvalue weighted by molar-refractivity contribution is 5.75. The van der Waals surface area contributed by atoms with Crippen LogP contribution in [0.4, 0.5) is 0 Å². The highest BCUT2D eigenvalue weighted by Gasteiger charge is 2.43. The molecule has 5 atom stereocenters. The maximum absolute atomic E-state index is 11.7. The molecule has 0 radical (unpaired) electrons. The van der Waals surface area contributed by atoms with E-state index in [4.69, 9.17) is 0 Å². The summed E-state index contributed by atoms with van der Waals surface area (Å²) in [6, 6.07) is 0. The van der Waals surface area contributed by atoms with Gasteiger partial charge in [0.1, 0.15) is 0 Å². The lowest BCUT2D eigenvalue weighted by Crippen LogP contribution is -2.32. The van der Waals surface area contributed by atoms with Gasteiger partial charge in [0, 0.05) is 26.4 Å². The number of unbranched alkanes of at least 4 members (excludes halogenated alkanes) is 1. The van der Waals surface area contributed by atoms with Gasteiger partial charge in [0.2, 0.25) is 5.91 Å². The molecule has 3 aliphatic carbocycles. The van der Waals surface area contributed by atoms with E-state index in [2.05, 4.69) is 18.2 Å². The molecule has 164 valence electrons. The SMILES string of the molecule is CN(C)C(=O)CCCCC1=C[C@H]2C[C@@H](O)[C@H](C=CC[C@@](C)(O)C3CCCC3)[C@H]2C1. The average Bonchev–Trinajstić information content (AvgIpc) is 3.37. The van der Waals surface area contributed by atoms with Crippen LogP contribution in [-0.4, -0.2) is 46.8 Å². The van der Waals surface area contributed by atoms with E-state index in [-0.39, 0.29) is 17.9 Å². The predicted octanol–water partition coefficient (Wildman–Crippen LogP) is 4.47. The monoisotopic (exact) mass is 403 g/mol. The molecule has 0 heterocycles. The van der Waals surface area contributed by atoms with Crippen LogP contribution in [0.15, 0.2) is 23.8 Å². The molecule has 4 nitrogen and oxygen atoms in total. The van der Waals surface area contributed by atoms with Gasteiger partial charge in [0.25, 0.3) is 0 Å². The van der Waals surface area contributed by atoms with Gasteiger partial charge in [-0.1, -0.05) is 36.6 Å². The number of amides is 1. The van der Waals surface area contributed by atoms with Crippen LogP contribution in [-0.2, 0) is 4.79 Å². The third-order valence-corrected chi connectivity index (χ3v) is 7.71. The molecular weight excluding hydrogens is 362 g/mol. The zero-order valence-electron chi connectivity index (χ0n) is 18.6. The molecule has 0 bridgehead atoms. The number of hydrogen-bond acceptors (Lipinski definition) is 3. The van der Waals surface area contributed by atoms with Gasteiger partial charge in [-0.05, 0) is 76.0 Å². The summed E-state index contributed by atoms with van der Waals surface area (Å²) in [6.45, 7) is 1.98. The zero-order chi connectivity index (χ0) is 21.0. The summed E-state index contributed by atoms with van der Waals surface area (Å²) in [6.07, 6.45) is 17.6. The van der Waals surface area contributed by atoms with Crippen molar-refractivity contribution in [2.75, 3.05) is 14.1 Å². The van der Waals surface area contributed by atoms with Gasteiger partial charge in [-0.2, -0.15) is 0 Å². The smallest absolute Gasteiger partial charge is 0.222 e. The molecule has 2 N–H and O–H groups in total. The minimum atomic E-state index is -0.612. The third-order valence-electron chi connectivity index (χ3n) is 7.71. The maximum atomic E-state index is 11.7. The maximum Gasteiger partial charge on any atom is 0.222 e. The van der Waals surface area contributed by atoms with Crippen molar-refractivity contribution in [3.63, 3.8) is 0 Å². The Kier molecular flexibility index (Phi) is 7.61. The van der Waals surface area contributed by atoms with E-state index >= 15 is 0 Å². The molecule has 0 aromatic rings. The van der Waals surface area contributed by atoms with E-state index < -0.39 is 5.60 Å². The second kappa shape index (κ2) is 9.78. The summed E-state index contributed by atoms with van der Waals surface area (Å²) in [5.41, 5.74) is 0.902. The summed E-state index contributed by atoms with van der Waals surface area (Å²) >= 11 is 0. The minimum Gasteiger partial charge on any atom is -0.392 e. The van der Waals surface area contributed by atoms with E-state index in [1.54, 1.807) is 4.90 Å². The van der Waals surface area contributed by atoms with Crippen molar-refractivity contribution in [2.45, 2.75) is 89.3 Å². The summed E-state index contributed by atoms with van der Waals surface area (Å²) in [7, 11) is 3.63. The Morgan fingerprint density at radius 3 is 2.69 bits per heavy atom. The Hall–Kier alpha value is -1.13. The summed E-state index contributed by atoms with van der Waals surface area (Å²) in [5.74, 6) is 1.85. The first-order chi connectivity index (χ1) is 13.8. The van der Waals surface area contributed by atoms with Crippen molar-refractivity contribution < 1.29 is 15.0 Å². The van der Waals surface area contributed by atoms with Gasteiger partial charge in [-0.25, -0.2) is 0 Å². The van der Waals surface area contributed by atoms with Gasteiger partial charge in [-0.15, -0.1) is 0 Å². The fourth-order valence-electron chi connectivity index (χ4n) is 5.82. The van der Waals surface area contributed by atoms with Crippen LogP contribution in [0.3, 0.4) is 0 Å². The van der Waals surface area contributed by atoms with Crippen molar-refractivity contribution in [1.82, 2.24) is 4.90 Å². The van der Waals surface area contributed by atoms with Crippen molar-refractivity contribution in [2.24, 2.45) is 23.7 Å². The molecule has 0 spiro atoms. The molecule has 3 rings (SSSR count). The normalized spacial score (nSPS) is 31.8. The standard InChI is InChI=1S/C25H41NO3/c1-25(29,20-10-5-6-11-20)14-8-12-21-22-16-18(15-19(22)17-23(21)27)9-4-7-13-24(28)26(2)3/h8,12,15,19-23,27,29H,4-7,9-11,13-14,16-17H2,1-3H3/t19-,21+,22-,23+,25+/m0/s1. The molecule has 3 aliphatic rings. The Morgan fingerprint density at radius 1 is 1.28 bits per heavy atom. The molecule has 29 heavy (non-hydrogen) atoms. The molecule has 0 unspecified atom stereocenters. The Bertz CT molecular complexity index is 616. The molecule has 1 amide bonds. The molecule has 2 fully saturated rings. The Balaban J connectivity index is 1.45. The van der Waals surface area contributed by atoms with Crippen LogP contribution in [0.25, 0.3) is 0 Å². The van der Waals surface area contributed by atoms with E-state index in [9.17, 15) is 15.0 Å². The molecular formula is C25H41NO3. The lowest BCUT2D eigenvalue weighted by molar-refractivity contribution is -0.128. The van der Waals surface area contributed by atoms with Gasteiger partial charge in [0.15, 0.2) is 0 Å². The highest BCUT2D eigenvalue weighted by Crippen LogP contribution is 2.48.